The van der Waals surface area contributed by atoms with Crippen molar-refractivity contribution in [1.29, 1.82) is 0 Å². The van der Waals surface area contributed by atoms with Gasteiger partial charge in [-0.25, -0.2) is 0 Å². The molecule has 0 atom stereocenters. The Hall–Kier alpha value is -1.48. The standard InChI is InChI=1S/C14H10ClF3/c1-9-2-7-12(15)8-13(9)10-3-5-11(6-4-10)14(16,17)18/h2-8H,1H3. The fourth-order valence-corrected chi connectivity index (χ4v) is 1.92. The van der Waals surface area contributed by atoms with E-state index >= 15 is 0 Å². The van der Waals surface area contributed by atoms with Crippen molar-refractivity contribution in [3.63, 3.8) is 0 Å². The van der Waals surface area contributed by atoms with Crippen LogP contribution in [0.4, 0.5) is 13.2 Å². The molecule has 0 heterocycles. The highest BCUT2D eigenvalue weighted by molar-refractivity contribution is 6.30. The Bertz CT molecular complexity index is 556. The molecule has 0 bridgehead atoms. The van der Waals surface area contributed by atoms with Crippen LogP contribution in [0, 0.1) is 6.92 Å². The van der Waals surface area contributed by atoms with Gasteiger partial charge in [0, 0.05) is 5.02 Å². The summed E-state index contributed by atoms with van der Waals surface area (Å²) in [6.07, 6.45) is -4.30. The van der Waals surface area contributed by atoms with Gasteiger partial charge in [0.15, 0.2) is 0 Å². The molecule has 2 aromatic rings. The summed E-state index contributed by atoms with van der Waals surface area (Å²) in [7, 11) is 0. The molecule has 0 fully saturated rings. The fraction of sp³-hybridized carbons (Fsp3) is 0.143. The van der Waals surface area contributed by atoms with E-state index in [0.717, 1.165) is 28.8 Å². The second kappa shape index (κ2) is 4.65. The Morgan fingerprint density at radius 1 is 0.944 bits per heavy atom. The van der Waals surface area contributed by atoms with Gasteiger partial charge >= 0.3 is 6.18 Å². The van der Waals surface area contributed by atoms with Gasteiger partial charge in [-0.05, 0) is 47.9 Å². The van der Waals surface area contributed by atoms with Crippen LogP contribution in [0.5, 0.6) is 0 Å². The second-order valence-electron chi connectivity index (χ2n) is 4.03. The molecular formula is C14H10ClF3. The molecule has 0 N–H and O–H groups in total. The van der Waals surface area contributed by atoms with Crippen LogP contribution in [0.25, 0.3) is 11.1 Å². The van der Waals surface area contributed by atoms with Gasteiger partial charge in [0.1, 0.15) is 0 Å². The predicted octanol–water partition coefficient (Wildman–Crippen LogP) is 5.33. The first-order valence-corrected chi connectivity index (χ1v) is 5.69. The Labute approximate surface area is 108 Å². The van der Waals surface area contributed by atoms with Gasteiger partial charge in [-0.3, -0.25) is 0 Å². The summed E-state index contributed by atoms with van der Waals surface area (Å²) in [4.78, 5) is 0. The third-order valence-electron chi connectivity index (χ3n) is 2.72. The van der Waals surface area contributed by atoms with Gasteiger partial charge < -0.3 is 0 Å². The summed E-state index contributed by atoms with van der Waals surface area (Å²) < 4.78 is 37.3. The molecule has 0 spiro atoms. The molecule has 0 saturated carbocycles. The number of hydrogen-bond donors (Lipinski definition) is 0. The molecule has 2 aromatic carbocycles. The first kappa shape index (κ1) is 13.0. The third-order valence-corrected chi connectivity index (χ3v) is 2.96. The molecule has 0 aliphatic heterocycles. The molecule has 18 heavy (non-hydrogen) atoms. The van der Waals surface area contributed by atoms with Gasteiger partial charge in [-0.1, -0.05) is 29.8 Å². The van der Waals surface area contributed by atoms with Crippen molar-refractivity contribution in [2.45, 2.75) is 13.1 Å². The van der Waals surface area contributed by atoms with Crippen molar-refractivity contribution in [3.8, 4) is 11.1 Å². The maximum atomic E-state index is 12.4. The zero-order chi connectivity index (χ0) is 13.3. The molecule has 0 aliphatic carbocycles. The van der Waals surface area contributed by atoms with Crippen LogP contribution in [0.3, 0.4) is 0 Å². The summed E-state index contributed by atoms with van der Waals surface area (Å²) in [5, 5.41) is 0.565. The van der Waals surface area contributed by atoms with E-state index in [1.807, 2.05) is 13.0 Å². The van der Waals surface area contributed by atoms with Gasteiger partial charge in [-0.2, -0.15) is 13.2 Å². The molecule has 0 nitrogen and oxygen atoms in total. The number of benzene rings is 2. The highest BCUT2D eigenvalue weighted by atomic mass is 35.5. The summed E-state index contributed by atoms with van der Waals surface area (Å²) in [6, 6.07) is 10.4. The summed E-state index contributed by atoms with van der Waals surface area (Å²) in [5.74, 6) is 0. The van der Waals surface area contributed by atoms with Crippen molar-refractivity contribution < 1.29 is 13.2 Å². The average molecular weight is 271 g/mol. The van der Waals surface area contributed by atoms with E-state index in [2.05, 4.69) is 0 Å². The molecule has 94 valence electrons. The number of halogens is 4. The third kappa shape index (κ3) is 2.67. The minimum atomic E-state index is -4.30. The monoisotopic (exact) mass is 270 g/mol. The first-order valence-electron chi connectivity index (χ1n) is 5.32. The van der Waals surface area contributed by atoms with Crippen molar-refractivity contribution in [1.82, 2.24) is 0 Å². The van der Waals surface area contributed by atoms with E-state index < -0.39 is 11.7 Å². The minimum absolute atomic E-state index is 0.565. The summed E-state index contributed by atoms with van der Waals surface area (Å²) in [6.45, 7) is 1.89. The van der Waals surface area contributed by atoms with Crippen LogP contribution in [-0.2, 0) is 6.18 Å². The van der Waals surface area contributed by atoms with E-state index in [9.17, 15) is 13.2 Å². The molecule has 0 aliphatic rings. The molecule has 0 radical (unpaired) electrons. The van der Waals surface area contributed by atoms with E-state index in [1.165, 1.54) is 12.1 Å². The zero-order valence-electron chi connectivity index (χ0n) is 9.55. The van der Waals surface area contributed by atoms with E-state index in [1.54, 1.807) is 12.1 Å². The maximum Gasteiger partial charge on any atom is 0.416 e. The van der Waals surface area contributed by atoms with Crippen LogP contribution in [-0.4, -0.2) is 0 Å². The maximum absolute atomic E-state index is 12.4. The zero-order valence-corrected chi connectivity index (χ0v) is 10.3. The van der Waals surface area contributed by atoms with Crippen molar-refractivity contribution >= 4 is 11.6 Å². The molecule has 0 aromatic heterocycles. The Morgan fingerprint density at radius 3 is 2.11 bits per heavy atom. The second-order valence-corrected chi connectivity index (χ2v) is 4.47. The quantitative estimate of drug-likeness (QED) is 0.657. The first-order chi connectivity index (χ1) is 8.38. The Morgan fingerprint density at radius 2 is 1.56 bits per heavy atom. The molecular weight excluding hydrogens is 261 g/mol. The smallest absolute Gasteiger partial charge is 0.166 e. The molecule has 0 saturated heterocycles. The van der Waals surface area contributed by atoms with Gasteiger partial charge in [0.05, 0.1) is 5.56 Å². The summed E-state index contributed by atoms with van der Waals surface area (Å²) in [5.41, 5.74) is 1.89. The van der Waals surface area contributed by atoms with Crippen molar-refractivity contribution in [2.75, 3.05) is 0 Å². The SMILES string of the molecule is Cc1ccc(Cl)cc1-c1ccc(C(F)(F)F)cc1. The lowest BCUT2D eigenvalue weighted by Gasteiger charge is -2.09. The minimum Gasteiger partial charge on any atom is -0.166 e. The van der Waals surface area contributed by atoms with Crippen LogP contribution < -0.4 is 0 Å². The average Bonchev–Trinajstić information content (AvgIpc) is 2.31. The lowest BCUT2D eigenvalue weighted by molar-refractivity contribution is -0.137. The molecule has 2 rings (SSSR count). The van der Waals surface area contributed by atoms with Crippen LogP contribution in [0.15, 0.2) is 42.5 Å². The number of rotatable bonds is 1. The fourth-order valence-electron chi connectivity index (χ4n) is 1.74. The normalized spacial score (nSPS) is 11.6. The van der Waals surface area contributed by atoms with Crippen LogP contribution in [0.1, 0.15) is 11.1 Å². The lowest BCUT2D eigenvalue weighted by Crippen LogP contribution is -2.04. The van der Waals surface area contributed by atoms with Gasteiger partial charge in [0.2, 0.25) is 0 Å². The number of aryl methyl sites for hydroxylation is 1. The highest BCUT2D eigenvalue weighted by Gasteiger charge is 2.29. The Balaban J connectivity index is 2.43. The largest absolute Gasteiger partial charge is 0.416 e. The highest BCUT2D eigenvalue weighted by Crippen LogP contribution is 2.32. The molecule has 0 unspecified atom stereocenters. The van der Waals surface area contributed by atoms with Gasteiger partial charge in [0.25, 0.3) is 0 Å². The number of hydrogen-bond acceptors (Lipinski definition) is 0. The Kier molecular flexibility index (Phi) is 3.35. The summed E-state index contributed by atoms with van der Waals surface area (Å²) >= 11 is 5.89. The van der Waals surface area contributed by atoms with Crippen molar-refractivity contribution in [2.24, 2.45) is 0 Å². The van der Waals surface area contributed by atoms with E-state index in [0.29, 0.717) is 5.02 Å². The molecule has 0 amide bonds. The lowest BCUT2D eigenvalue weighted by atomic mass is 9.99. The van der Waals surface area contributed by atoms with Gasteiger partial charge in [-0.15, -0.1) is 0 Å². The van der Waals surface area contributed by atoms with Crippen molar-refractivity contribution in [3.05, 3.63) is 58.6 Å². The topological polar surface area (TPSA) is 0 Å². The van der Waals surface area contributed by atoms with Crippen LogP contribution >= 0.6 is 11.6 Å². The number of alkyl halides is 3. The van der Waals surface area contributed by atoms with E-state index in [-0.39, 0.29) is 0 Å². The van der Waals surface area contributed by atoms with Crippen LogP contribution in [0.2, 0.25) is 5.02 Å². The van der Waals surface area contributed by atoms with E-state index in [4.69, 9.17) is 11.6 Å². The predicted molar refractivity (Wildman–Crippen MR) is 66.6 cm³/mol. The molecule has 4 heteroatoms.